The van der Waals surface area contributed by atoms with Gasteiger partial charge < -0.3 is 10.4 Å². The summed E-state index contributed by atoms with van der Waals surface area (Å²) < 4.78 is 2.08. The highest BCUT2D eigenvalue weighted by atomic mass is 79.9. The Morgan fingerprint density at radius 1 is 1.40 bits per heavy atom. The van der Waals surface area contributed by atoms with Crippen molar-refractivity contribution in [2.45, 2.75) is 13.5 Å². The van der Waals surface area contributed by atoms with Gasteiger partial charge in [0, 0.05) is 10.7 Å². The van der Waals surface area contributed by atoms with E-state index in [-0.39, 0.29) is 18.0 Å². The first kappa shape index (κ1) is 14.3. The monoisotopic (exact) mass is 337 g/mol. The van der Waals surface area contributed by atoms with E-state index in [1.54, 1.807) is 19.1 Å². The second-order valence-electron chi connectivity index (χ2n) is 4.16. The molecule has 0 saturated heterocycles. The Balaban J connectivity index is 2.07. The lowest BCUT2D eigenvalue weighted by atomic mass is 10.3. The van der Waals surface area contributed by atoms with E-state index in [1.807, 2.05) is 12.1 Å². The predicted octanol–water partition coefficient (Wildman–Crippen LogP) is 2.29. The van der Waals surface area contributed by atoms with Crippen molar-refractivity contribution in [3.8, 4) is 0 Å². The van der Waals surface area contributed by atoms with E-state index < -0.39 is 5.97 Å². The molecule has 0 fully saturated rings. The van der Waals surface area contributed by atoms with Crippen molar-refractivity contribution in [2.24, 2.45) is 0 Å². The average molecular weight is 338 g/mol. The number of aromatic carboxylic acids is 1. The van der Waals surface area contributed by atoms with E-state index in [0.29, 0.717) is 11.4 Å². The number of carbonyl (C=O) groups excluding carboxylic acids is 1. The summed E-state index contributed by atoms with van der Waals surface area (Å²) in [4.78, 5) is 22.8. The molecule has 0 aliphatic rings. The number of anilines is 1. The number of hydrogen-bond acceptors (Lipinski definition) is 3. The molecule has 20 heavy (non-hydrogen) atoms. The molecule has 0 atom stereocenters. The number of benzene rings is 1. The zero-order valence-electron chi connectivity index (χ0n) is 10.6. The lowest BCUT2D eigenvalue weighted by Crippen LogP contribution is -2.19. The van der Waals surface area contributed by atoms with Gasteiger partial charge in [0.1, 0.15) is 12.1 Å². The highest BCUT2D eigenvalue weighted by Crippen LogP contribution is 2.21. The van der Waals surface area contributed by atoms with Gasteiger partial charge in [0.25, 0.3) is 0 Å². The second-order valence-corrected chi connectivity index (χ2v) is 5.01. The van der Waals surface area contributed by atoms with Crippen LogP contribution in [0.5, 0.6) is 0 Å². The van der Waals surface area contributed by atoms with Gasteiger partial charge in [-0.1, -0.05) is 12.1 Å². The molecular formula is C13H12BrN3O3. The number of nitrogens with one attached hydrogen (secondary N) is 1. The maximum atomic E-state index is 11.9. The summed E-state index contributed by atoms with van der Waals surface area (Å²) in [5.41, 5.74) is 1.13. The van der Waals surface area contributed by atoms with E-state index in [9.17, 15) is 9.59 Å². The average Bonchev–Trinajstić information content (AvgIpc) is 2.73. The van der Waals surface area contributed by atoms with E-state index in [4.69, 9.17) is 5.11 Å². The summed E-state index contributed by atoms with van der Waals surface area (Å²) in [5.74, 6) is -1.34. The van der Waals surface area contributed by atoms with Gasteiger partial charge in [-0.3, -0.25) is 9.48 Å². The summed E-state index contributed by atoms with van der Waals surface area (Å²) >= 11 is 3.33. The first-order chi connectivity index (χ1) is 9.47. The Morgan fingerprint density at radius 3 is 2.70 bits per heavy atom. The van der Waals surface area contributed by atoms with Crippen LogP contribution in [0.25, 0.3) is 0 Å². The number of aryl methyl sites for hydroxylation is 1. The quantitative estimate of drug-likeness (QED) is 0.896. The number of rotatable bonds is 4. The third-order valence-corrected chi connectivity index (χ3v) is 3.32. The second kappa shape index (κ2) is 5.87. The van der Waals surface area contributed by atoms with E-state index in [2.05, 4.69) is 26.3 Å². The number of para-hydroxylation sites is 1. The van der Waals surface area contributed by atoms with Crippen LogP contribution in [-0.4, -0.2) is 26.8 Å². The molecular weight excluding hydrogens is 326 g/mol. The van der Waals surface area contributed by atoms with Crippen LogP contribution in [0.15, 0.2) is 34.9 Å². The molecule has 0 radical (unpaired) electrons. The van der Waals surface area contributed by atoms with E-state index in [0.717, 1.165) is 4.47 Å². The van der Waals surface area contributed by atoms with Crippen LogP contribution in [0, 0.1) is 6.92 Å². The number of halogens is 1. The molecule has 2 N–H and O–H groups in total. The maximum absolute atomic E-state index is 11.9. The summed E-state index contributed by atoms with van der Waals surface area (Å²) in [6.45, 7) is 1.54. The van der Waals surface area contributed by atoms with Gasteiger partial charge in [-0.25, -0.2) is 4.79 Å². The molecule has 0 bridgehead atoms. The largest absolute Gasteiger partial charge is 0.478 e. The first-order valence-electron chi connectivity index (χ1n) is 5.79. The first-order valence-corrected chi connectivity index (χ1v) is 6.58. The fourth-order valence-corrected chi connectivity index (χ4v) is 2.09. The number of hydrogen-bond donors (Lipinski definition) is 2. The lowest BCUT2D eigenvalue weighted by Gasteiger charge is -2.06. The maximum Gasteiger partial charge on any atom is 0.339 e. The van der Waals surface area contributed by atoms with Gasteiger partial charge in [-0.15, -0.1) is 0 Å². The fourth-order valence-electron chi connectivity index (χ4n) is 1.71. The van der Waals surface area contributed by atoms with Crippen LogP contribution in [0.1, 0.15) is 16.1 Å². The van der Waals surface area contributed by atoms with Crippen molar-refractivity contribution >= 4 is 33.5 Å². The molecule has 0 saturated carbocycles. The zero-order chi connectivity index (χ0) is 14.7. The molecule has 0 spiro atoms. The number of carboxylic acid groups (broad SMARTS) is 1. The number of amides is 1. The standard InChI is InChI=1S/C13H12BrN3O3/c1-8-9(13(19)20)6-17(16-8)7-12(18)15-11-5-3-2-4-10(11)14/h2-6H,7H2,1H3,(H,15,18)(H,19,20). The minimum atomic E-state index is -1.06. The van der Waals surface area contributed by atoms with E-state index >= 15 is 0 Å². The molecule has 1 heterocycles. The van der Waals surface area contributed by atoms with Crippen molar-refractivity contribution in [1.29, 1.82) is 0 Å². The highest BCUT2D eigenvalue weighted by molar-refractivity contribution is 9.10. The highest BCUT2D eigenvalue weighted by Gasteiger charge is 2.13. The number of carboxylic acids is 1. The zero-order valence-corrected chi connectivity index (χ0v) is 12.2. The van der Waals surface area contributed by atoms with Crippen LogP contribution in [0.3, 0.4) is 0 Å². The third kappa shape index (κ3) is 3.24. The third-order valence-electron chi connectivity index (χ3n) is 2.63. The molecule has 104 valence electrons. The molecule has 1 aromatic carbocycles. The number of nitrogens with zero attached hydrogens (tertiary/aromatic N) is 2. The molecule has 0 aliphatic carbocycles. The van der Waals surface area contributed by atoms with Crippen molar-refractivity contribution < 1.29 is 14.7 Å². The van der Waals surface area contributed by atoms with Gasteiger partial charge >= 0.3 is 5.97 Å². The van der Waals surface area contributed by atoms with Crippen molar-refractivity contribution in [2.75, 3.05) is 5.32 Å². The van der Waals surface area contributed by atoms with Gasteiger partial charge in [-0.05, 0) is 35.0 Å². The Kier molecular flexibility index (Phi) is 4.19. The molecule has 2 rings (SSSR count). The van der Waals surface area contributed by atoms with Crippen LogP contribution in [0.2, 0.25) is 0 Å². The summed E-state index contributed by atoms with van der Waals surface area (Å²) in [6.07, 6.45) is 1.34. The van der Waals surface area contributed by atoms with Crippen molar-refractivity contribution in [3.05, 3.63) is 46.2 Å². The molecule has 0 aliphatic heterocycles. The van der Waals surface area contributed by atoms with E-state index in [1.165, 1.54) is 10.9 Å². The van der Waals surface area contributed by atoms with Gasteiger partial charge in [0.2, 0.25) is 5.91 Å². The molecule has 1 aromatic heterocycles. The summed E-state index contributed by atoms with van der Waals surface area (Å²) in [6, 6.07) is 7.23. The van der Waals surface area contributed by atoms with Crippen molar-refractivity contribution in [3.63, 3.8) is 0 Å². The molecule has 7 heteroatoms. The van der Waals surface area contributed by atoms with Gasteiger partial charge in [0.05, 0.1) is 11.4 Å². The van der Waals surface area contributed by atoms with Gasteiger partial charge in [0.15, 0.2) is 0 Å². The number of aromatic nitrogens is 2. The SMILES string of the molecule is Cc1nn(CC(=O)Nc2ccccc2Br)cc1C(=O)O. The lowest BCUT2D eigenvalue weighted by molar-refractivity contribution is -0.116. The summed E-state index contributed by atoms with van der Waals surface area (Å²) in [7, 11) is 0. The van der Waals surface area contributed by atoms with Gasteiger partial charge in [-0.2, -0.15) is 5.10 Å². The normalized spacial score (nSPS) is 10.3. The minimum absolute atomic E-state index is 0.0462. The number of carbonyl (C=O) groups is 2. The fraction of sp³-hybridized carbons (Fsp3) is 0.154. The Hall–Kier alpha value is -2.15. The Bertz CT molecular complexity index is 667. The van der Waals surface area contributed by atoms with Crippen LogP contribution >= 0.6 is 15.9 Å². The smallest absolute Gasteiger partial charge is 0.339 e. The predicted molar refractivity (Wildman–Crippen MR) is 76.7 cm³/mol. The molecule has 2 aromatic rings. The van der Waals surface area contributed by atoms with Crippen molar-refractivity contribution in [1.82, 2.24) is 9.78 Å². The van der Waals surface area contributed by atoms with Crippen LogP contribution in [0.4, 0.5) is 5.69 Å². The topological polar surface area (TPSA) is 84.2 Å². The Labute approximate surface area is 123 Å². The minimum Gasteiger partial charge on any atom is -0.478 e. The Morgan fingerprint density at radius 2 is 2.10 bits per heavy atom. The molecule has 1 amide bonds. The van der Waals surface area contributed by atoms with Crippen LogP contribution < -0.4 is 5.32 Å². The summed E-state index contributed by atoms with van der Waals surface area (Å²) in [5, 5.41) is 15.6. The molecule has 6 nitrogen and oxygen atoms in total. The molecule has 0 unspecified atom stereocenters. The van der Waals surface area contributed by atoms with Crippen LogP contribution in [-0.2, 0) is 11.3 Å².